The quantitative estimate of drug-likeness (QED) is 0.430. The molecule has 0 unspecified atom stereocenters. The minimum absolute atomic E-state index is 0.207. The van der Waals surface area contributed by atoms with Gasteiger partial charge in [0, 0.05) is 30.9 Å². The molecule has 7 nitrogen and oxygen atoms in total. The van der Waals surface area contributed by atoms with Gasteiger partial charge in [-0.1, -0.05) is 30.3 Å². The summed E-state index contributed by atoms with van der Waals surface area (Å²) in [7, 11) is 0. The lowest BCUT2D eigenvalue weighted by atomic mass is 10.1. The van der Waals surface area contributed by atoms with Crippen LogP contribution in [0.25, 0.3) is 0 Å². The molecular formula is C27H30N4O3. The minimum atomic E-state index is -0.350. The van der Waals surface area contributed by atoms with Crippen LogP contribution in [0, 0.1) is 0 Å². The summed E-state index contributed by atoms with van der Waals surface area (Å²) in [6.07, 6.45) is 2.22. The second kappa shape index (κ2) is 11.2. The van der Waals surface area contributed by atoms with Crippen LogP contribution >= 0.6 is 0 Å². The fourth-order valence-electron chi connectivity index (χ4n) is 4.01. The maximum Gasteiger partial charge on any atom is 0.323 e. The molecular weight excluding hydrogens is 428 g/mol. The van der Waals surface area contributed by atoms with Crippen LogP contribution in [-0.4, -0.2) is 31.6 Å². The van der Waals surface area contributed by atoms with E-state index in [1.165, 1.54) is 0 Å². The number of para-hydroxylation sites is 1. The normalized spacial score (nSPS) is 12.8. The Labute approximate surface area is 200 Å². The summed E-state index contributed by atoms with van der Waals surface area (Å²) in [6, 6.07) is 22.0. The molecule has 0 aliphatic carbocycles. The van der Waals surface area contributed by atoms with Crippen molar-refractivity contribution in [2.75, 3.05) is 35.2 Å². The smallest absolute Gasteiger partial charge is 0.323 e. The molecule has 0 aromatic heterocycles. The van der Waals surface area contributed by atoms with Gasteiger partial charge >= 0.3 is 6.03 Å². The minimum Gasteiger partial charge on any atom is -0.494 e. The number of nitrogens with zero attached hydrogens (tertiary/aromatic N) is 1. The Balaban J connectivity index is 1.48. The Bertz CT molecular complexity index is 1130. The first-order chi connectivity index (χ1) is 16.6. The monoisotopic (exact) mass is 458 g/mol. The van der Waals surface area contributed by atoms with Crippen LogP contribution in [0.2, 0.25) is 0 Å². The van der Waals surface area contributed by atoms with Gasteiger partial charge in [-0.3, -0.25) is 4.79 Å². The van der Waals surface area contributed by atoms with Crippen LogP contribution in [0.3, 0.4) is 0 Å². The molecule has 3 aromatic carbocycles. The number of nitrogens with one attached hydrogen (secondary N) is 3. The number of rotatable bonds is 8. The molecule has 34 heavy (non-hydrogen) atoms. The van der Waals surface area contributed by atoms with E-state index < -0.39 is 0 Å². The van der Waals surface area contributed by atoms with Gasteiger partial charge in [-0.15, -0.1) is 0 Å². The topological polar surface area (TPSA) is 82.7 Å². The summed E-state index contributed by atoms with van der Waals surface area (Å²) in [5.74, 6) is 0.571. The SMILES string of the molecule is CCOc1cccc(CNC(=O)c2ccc(N3CCCC3)c(NC(=O)Nc3ccccc3)c2)c1. The Morgan fingerprint density at radius 2 is 1.71 bits per heavy atom. The van der Waals surface area contributed by atoms with Crippen molar-refractivity contribution in [3.63, 3.8) is 0 Å². The van der Waals surface area contributed by atoms with Crippen LogP contribution in [-0.2, 0) is 6.54 Å². The summed E-state index contributed by atoms with van der Waals surface area (Å²) in [5.41, 5.74) is 3.67. The lowest BCUT2D eigenvalue weighted by Crippen LogP contribution is -2.26. The van der Waals surface area contributed by atoms with Gasteiger partial charge in [0.15, 0.2) is 0 Å². The van der Waals surface area contributed by atoms with E-state index in [1.54, 1.807) is 12.1 Å². The Kier molecular flexibility index (Phi) is 7.65. The molecule has 4 rings (SSSR count). The zero-order valence-electron chi connectivity index (χ0n) is 19.3. The van der Waals surface area contributed by atoms with Gasteiger partial charge in [-0.25, -0.2) is 4.79 Å². The van der Waals surface area contributed by atoms with E-state index >= 15 is 0 Å². The zero-order valence-corrected chi connectivity index (χ0v) is 19.3. The molecule has 3 amide bonds. The molecule has 1 aliphatic rings. The zero-order chi connectivity index (χ0) is 23.8. The average Bonchev–Trinajstić information content (AvgIpc) is 3.38. The Morgan fingerprint density at radius 3 is 2.47 bits per heavy atom. The number of anilines is 3. The highest BCUT2D eigenvalue weighted by Crippen LogP contribution is 2.30. The highest BCUT2D eigenvalue weighted by atomic mass is 16.5. The van der Waals surface area contributed by atoms with Crippen LogP contribution in [0.1, 0.15) is 35.7 Å². The number of carbonyl (C=O) groups is 2. The Hall–Kier alpha value is -4.00. The van der Waals surface area contributed by atoms with Gasteiger partial charge in [0.05, 0.1) is 18.0 Å². The van der Waals surface area contributed by atoms with Crippen molar-refractivity contribution in [2.24, 2.45) is 0 Å². The highest BCUT2D eigenvalue weighted by molar-refractivity contribution is 6.04. The third-order valence-corrected chi connectivity index (χ3v) is 5.65. The number of carbonyl (C=O) groups excluding carboxylic acids is 2. The van der Waals surface area contributed by atoms with E-state index in [-0.39, 0.29) is 11.9 Å². The third kappa shape index (κ3) is 6.07. The second-order valence-electron chi connectivity index (χ2n) is 8.13. The largest absolute Gasteiger partial charge is 0.494 e. The van der Waals surface area contributed by atoms with Crippen molar-refractivity contribution < 1.29 is 14.3 Å². The van der Waals surface area contributed by atoms with Gasteiger partial charge in [0.25, 0.3) is 5.91 Å². The molecule has 0 bridgehead atoms. The Morgan fingerprint density at radius 1 is 0.912 bits per heavy atom. The molecule has 1 saturated heterocycles. The van der Waals surface area contributed by atoms with Crippen LogP contribution < -0.4 is 25.6 Å². The number of amides is 3. The first-order valence-electron chi connectivity index (χ1n) is 11.6. The fourth-order valence-corrected chi connectivity index (χ4v) is 4.01. The van der Waals surface area contributed by atoms with E-state index in [0.717, 1.165) is 42.9 Å². The lowest BCUT2D eigenvalue weighted by Gasteiger charge is -2.22. The van der Waals surface area contributed by atoms with Crippen LogP contribution in [0.5, 0.6) is 5.75 Å². The molecule has 3 aromatic rings. The molecule has 1 heterocycles. The van der Waals surface area contributed by atoms with E-state index in [1.807, 2.05) is 67.6 Å². The van der Waals surface area contributed by atoms with Crippen molar-refractivity contribution in [1.82, 2.24) is 5.32 Å². The van der Waals surface area contributed by atoms with Crippen LogP contribution in [0.15, 0.2) is 72.8 Å². The standard InChI is InChI=1S/C27H30N4O3/c1-2-34-23-12-8-9-20(17-23)19-28-26(32)21-13-14-25(31-15-6-7-16-31)24(18-21)30-27(33)29-22-10-4-3-5-11-22/h3-5,8-14,17-18H,2,6-7,15-16,19H2,1H3,(H,28,32)(H2,29,30,33). The predicted octanol–water partition coefficient (Wildman–Crippen LogP) is 5.26. The molecule has 7 heteroatoms. The molecule has 3 N–H and O–H groups in total. The van der Waals surface area contributed by atoms with E-state index in [4.69, 9.17) is 4.74 Å². The molecule has 0 atom stereocenters. The van der Waals surface area contributed by atoms with E-state index in [2.05, 4.69) is 20.9 Å². The highest BCUT2D eigenvalue weighted by Gasteiger charge is 2.19. The fraction of sp³-hybridized carbons (Fsp3) is 0.259. The summed E-state index contributed by atoms with van der Waals surface area (Å²) in [4.78, 5) is 27.8. The first-order valence-corrected chi connectivity index (χ1v) is 11.6. The predicted molar refractivity (Wildman–Crippen MR) is 136 cm³/mol. The van der Waals surface area contributed by atoms with E-state index in [9.17, 15) is 9.59 Å². The molecule has 1 fully saturated rings. The maximum absolute atomic E-state index is 12.9. The lowest BCUT2D eigenvalue weighted by molar-refractivity contribution is 0.0951. The molecule has 176 valence electrons. The number of hydrogen-bond acceptors (Lipinski definition) is 4. The number of benzene rings is 3. The second-order valence-corrected chi connectivity index (χ2v) is 8.13. The van der Waals surface area contributed by atoms with Crippen molar-refractivity contribution in [3.8, 4) is 5.75 Å². The number of ether oxygens (including phenoxy) is 1. The van der Waals surface area contributed by atoms with Crippen molar-refractivity contribution in [3.05, 3.63) is 83.9 Å². The summed E-state index contributed by atoms with van der Waals surface area (Å²) < 4.78 is 5.53. The summed E-state index contributed by atoms with van der Waals surface area (Å²) in [5, 5.41) is 8.73. The average molecular weight is 459 g/mol. The van der Waals surface area contributed by atoms with Crippen molar-refractivity contribution >= 4 is 29.0 Å². The van der Waals surface area contributed by atoms with Crippen LogP contribution in [0.4, 0.5) is 21.9 Å². The van der Waals surface area contributed by atoms with Gasteiger partial charge in [0.2, 0.25) is 0 Å². The molecule has 0 spiro atoms. The number of hydrogen-bond donors (Lipinski definition) is 3. The molecule has 1 aliphatic heterocycles. The van der Waals surface area contributed by atoms with E-state index in [0.29, 0.717) is 30.1 Å². The third-order valence-electron chi connectivity index (χ3n) is 5.65. The van der Waals surface area contributed by atoms with Crippen molar-refractivity contribution in [1.29, 1.82) is 0 Å². The summed E-state index contributed by atoms with van der Waals surface area (Å²) in [6.45, 7) is 4.76. The molecule has 0 radical (unpaired) electrons. The summed E-state index contributed by atoms with van der Waals surface area (Å²) >= 11 is 0. The first kappa shape index (κ1) is 23.2. The van der Waals surface area contributed by atoms with Gasteiger partial charge < -0.3 is 25.6 Å². The van der Waals surface area contributed by atoms with Crippen molar-refractivity contribution in [2.45, 2.75) is 26.3 Å². The molecule has 0 saturated carbocycles. The maximum atomic E-state index is 12.9. The van der Waals surface area contributed by atoms with Gasteiger partial charge in [0.1, 0.15) is 5.75 Å². The number of urea groups is 1. The van der Waals surface area contributed by atoms with Gasteiger partial charge in [-0.05, 0) is 67.8 Å². The van der Waals surface area contributed by atoms with Gasteiger partial charge in [-0.2, -0.15) is 0 Å².